The lowest BCUT2D eigenvalue weighted by Gasteiger charge is -2.13. The molecule has 0 aliphatic carbocycles. The normalized spacial score (nSPS) is 11.2. The minimum Gasteiger partial charge on any atom is -0.493 e. The SMILES string of the molecule is COc1cc2nc(CN)n(C(C)C)c2cc1OC. The van der Waals surface area contributed by atoms with Gasteiger partial charge in [0.05, 0.1) is 31.8 Å². The third kappa shape index (κ3) is 1.90. The fourth-order valence-electron chi connectivity index (χ4n) is 2.19. The minimum absolute atomic E-state index is 0.298. The Morgan fingerprint density at radius 1 is 1.22 bits per heavy atom. The Labute approximate surface area is 107 Å². The van der Waals surface area contributed by atoms with Gasteiger partial charge in [-0.15, -0.1) is 0 Å². The van der Waals surface area contributed by atoms with Crippen molar-refractivity contribution in [3.63, 3.8) is 0 Å². The maximum atomic E-state index is 5.75. The van der Waals surface area contributed by atoms with Crippen LogP contribution in [0.15, 0.2) is 12.1 Å². The summed E-state index contributed by atoms with van der Waals surface area (Å²) in [6.07, 6.45) is 0. The van der Waals surface area contributed by atoms with E-state index in [9.17, 15) is 0 Å². The highest BCUT2D eigenvalue weighted by Crippen LogP contribution is 2.33. The minimum atomic E-state index is 0.298. The van der Waals surface area contributed by atoms with Gasteiger partial charge < -0.3 is 19.8 Å². The Kier molecular flexibility index (Phi) is 3.43. The van der Waals surface area contributed by atoms with Gasteiger partial charge in [-0.25, -0.2) is 4.98 Å². The molecule has 0 saturated heterocycles. The Morgan fingerprint density at radius 3 is 2.33 bits per heavy atom. The Hall–Kier alpha value is -1.75. The lowest BCUT2D eigenvalue weighted by Crippen LogP contribution is -2.10. The standard InChI is InChI=1S/C13H19N3O2/c1-8(2)16-10-6-12(18-4)11(17-3)5-9(10)15-13(16)7-14/h5-6,8H,7,14H2,1-4H3. The molecule has 0 fully saturated rings. The number of imidazole rings is 1. The van der Waals surface area contributed by atoms with Crippen molar-refractivity contribution in [2.24, 2.45) is 5.73 Å². The van der Waals surface area contributed by atoms with E-state index in [1.807, 2.05) is 12.1 Å². The number of hydrogen-bond acceptors (Lipinski definition) is 4. The summed E-state index contributed by atoms with van der Waals surface area (Å²) in [5.41, 5.74) is 7.64. The molecule has 18 heavy (non-hydrogen) atoms. The fourth-order valence-corrected chi connectivity index (χ4v) is 2.19. The number of fused-ring (bicyclic) bond motifs is 1. The average molecular weight is 249 g/mol. The number of benzene rings is 1. The largest absolute Gasteiger partial charge is 0.493 e. The van der Waals surface area contributed by atoms with E-state index in [1.165, 1.54) is 0 Å². The van der Waals surface area contributed by atoms with Crippen LogP contribution in [0.3, 0.4) is 0 Å². The van der Waals surface area contributed by atoms with Crippen molar-refractivity contribution in [2.45, 2.75) is 26.4 Å². The molecule has 98 valence electrons. The van der Waals surface area contributed by atoms with Crippen LogP contribution in [0.4, 0.5) is 0 Å². The zero-order valence-corrected chi connectivity index (χ0v) is 11.2. The van der Waals surface area contributed by atoms with Crippen molar-refractivity contribution in [1.82, 2.24) is 9.55 Å². The summed E-state index contributed by atoms with van der Waals surface area (Å²) < 4.78 is 12.7. The van der Waals surface area contributed by atoms with Gasteiger partial charge in [-0.3, -0.25) is 0 Å². The van der Waals surface area contributed by atoms with Crippen molar-refractivity contribution in [3.05, 3.63) is 18.0 Å². The molecule has 1 aromatic carbocycles. The Balaban J connectivity index is 2.74. The summed E-state index contributed by atoms with van der Waals surface area (Å²) in [7, 11) is 3.25. The highest BCUT2D eigenvalue weighted by atomic mass is 16.5. The Morgan fingerprint density at radius 2 is 1.83 bits per heavy atom. The van der Waals surface area contributed by atoms with Crippen molar-refractivity contribution < 1.29 is 9.47 Å². The molecule has 2 N–H and O–H groups in total. The summed E-state index contributed by atoms with van der Waals surface area (Å²) in [6.45, 7) is 4.63. The van der Waals surface area contributed by atoms with Crippen molar-refractivity contribution in [3.8, 4) is 11.5 Å². The average Bonchev–Trinajstić information content (AvgIpc) is 2.74. The number of rotatable bonds is 4. The van der Waals surface area contributed by atoms with Crippen LogP contribution in [0.5, 0.6) is 11.5 Å². The third-order valence-electron chi connectivity index (χ3n) is 2.97. The van der Waals surface area contributed by atoms with Gasteiger partial charge in [-0.1, -0.05) is 0 Å². The molecule has 0 saturated carbocycles. The van der Waals surface area contributed by atoms with E-state index < -0.39 is 0 Å². The van der Waals surface area contributed by atoms with Gasteiger partial charge in [-0.05, 0) is 13.8 Å². The topological polar surface area (TPSA) is 62.3 Å². The van der Waals surface area contributed by atoms with Gasteiger partial charge in [0, 0.05) is 18.2 Å². The molecular formula is C13H19N3O2. The van der Waals surface area contributed by atoms with Crippen LogP contribution in [0.1, 0.15) is 25.7 Å². The molecule has 0 aliphatic rings. The summed E-state index contributed by atoms with van der Waals surface area (Å²) in [6, 6.07) is 4.12. The highest BCUT2D eigenvalue weighted by molar-refractivity contribution is 5.80. The number of hydrogen-bond donors (Lipinski definition) is 1. The van der Waals surface area contributed by atoms with E-state index in [0.29, 0.717) is 24.1 Å². The van der Waals surface area contributed by atoms with Crippen LogP contribution < -0.4 is 15.2 Å². The quantitative estimate of drug-likeness (QED) is 0.901. The first-order valence-corrected chi connectivity index (χ1v) is 5.95. The van der Waals surface area contributed by atoms with Gasteiger partial charge in [-0.2, -0.15) is 0 Å². The zero-order chi connectivity index (χ0) is 13.3. The van der Waals surface area contributed by atoms with Crippen molar-refractivity contribution in [2.75, 3.05) is 14.2 Å². The lowest BCUT2D eigenvalue weighted by atomic mass is 10.2. The molecule has 5 heteroatoms. The van der Waals surface area contributed by atoms with Crippen LogP contribution in [0, 0.1) is 0 Å². The van der Waals surface area contributed by atoms with Crippen LogP contribution in [-0.2, 0) is 6.54 Å². The smallest absolute Gasteiger partial charge is 0.163 e. The van der Waals surface area contributed by atoms with Gasteiger partial charge in [0.2, 0.25) is 0 Å². The monoisotopic (exact) mass is 249 g/mol. The van der Waals surface area contributed by atoms with E-state index >= 15 is 0 Å². The fraction of sp³-hybridized carbons (Fsp3) is 0.462. The molecule has 2 aromatic rings. The summed E-state index contributed by atoms with van der Waals surface area (Å²) in [5.74, 6) is 2.26. The van der Waals surface area contributed by atoms with Crippen LogP contribution in [-0.4, -0.2) is 23.8 Å². The maximum absolute atomic E-state index is 5.75. The van der Waals surface area contributed by atoms with Gasteiger partial charge in [0.15, 0.2) is 11.5 Å². The van der Waals surface area contributed by atoms with Gasteiger partial charge in [0.1, 0.15) is 5.82 Å². The predicted molar refractivity (Wildman–Crippen MR) is 71.1 cm³/mol. The first-order valence-electron chi connectivity index (χ1n) is 5.95. The number of methoxy groups -OCH3 is 2. The molecule has 1 aromatic heterocycles. The summed E-state index contributed by atoms with van der Waals surface area (Å²) in [4.78, 5) is 4.54. The second kappa shape index (κ2) is 4.86. The molecule has 0 amide bonds. The lowest BCUT2D eigenvalue weighted by molar-refractivity contribution is 0.355. The van der Waals surface area contributed by atoms with Crippen LogP contribution in [0.25, 0.3) is 11.0 Å². The van der Waals surface area contributed by atoms with E-state index in [0.717, 1.165) is 16.9 Å². The predicted octanol–water partition coefficient (Wildman–Crippen LogP) is 2.09. The molecule has 0 radical (unpaired) electrons. The Bertz CT molecular complexity index is 561. The molecule has 0 unspecified atom stereocenters. The first-order chi connectivity index (χ1) is 8.62. The molecule has 0 spiro atoms. The molecule has 5 nitrogen and oxygen atoms in total. The molecule has 0 aliphatic heterocycles. The van der Waals surface area contributed by atoms with E-state index in [2.05, 4.69) is 23.4 Å². The van der Waals surface area contributed by atoms with E-state index in [-0.39, 0.29) is 0 Å². The first kappa shape index (κ1) is 12.7. The van der Waals surface area contributed by atoms with Crippen LogP contribution >= 0.6 is 0 Å². The van der Waals surface area contributed by atoms with E-state index in [4.69, 9.17) is 15.2 Å². The number of aromatic nitrogens is 2. The molecule has 1 heterocycles. The second-order valence-electron chi connectivity index (χ2n) is 4.39. The second-order valence-corrected chi connectivity index (χ2v) is 4.39. The number of ether oxygens (including phenoxy) is 2. The molecule has 2 rings (SSSR count). The molecular weight excluding hydrogens is 230 g/mol. The highest BCUT2D eigenvalue weighted by Gasteiger charge is 2.15. The zero-order valence-electron chi connectivity index (χ0n) is 11.2. The number of nitrogens with two attached hydrogens (primary N) is 1. The van der Waals surface area contributed by atoms with Crippen molar-refractivity contribution in [1.29, 1.82) is 0 Å². The van der Waals surface area contributed by atoms with Crippen LogP contribution in [0.2, 0.25) is 0 Å². The van der Waals surface area contributed by atoms with Gasteiger partial charge in [0.25, 0.3) is 0 Å². The summed E-state index contributed by atoms with van der Waals surface area (Å²) >= 11 is 0. The number of nitrogens with zero attached hydrogens (tertiary/aromatic N) is 2. The summed E-state index contributed by atoms with van der Waals surface area (Å²) in [5, 5.41) is 0. The molecule has 0 bridgehead atoms. The van der Waals surface area contributed by atoms with E-state index in [1.54, 1.807) is 14.2 Å². The van der Waals surface area contributed by atoms with Gasteiger partial charge >= 0.3 is 0 Å². The molecule has 0 atom stereocenters. The maximum Gasteiger partial charge on any atom is 0.163 e. The third-order valence-corrected chi connectivity index (χ3v) is 2.97. The van der Waals surface area contributed by atoms with Crippen molar-refractivity contribution >= 4 is 11.0 Å².